The minimum atomic E-state index is -0.816. The highest BCUT2D eigenvalue weighted by atomic mass is 79.9. The number of aliphatic hydroxyl groups excluding tert-OH is 1. The lowest BCUT2D eigenvalue weighted by Gasteiger charge is -2.12. The fraction of sp³-hybridized carbons (Fsp3) is 0.0909. The molecule has 6 heteroatoms. The van der Waals surface area contributed by atoms with E-state index in [2.05, 4.69) is 31.9 Å². The number of thiophene rings is 1. The minimum Gasteiger partial charge on any atom is -0.383 e. The van der Waals surface area contributed by atoms with Crippen LogP contribution in [0.3, 0.4) is 0 Å². The first kappa shape index (κ1) is 13.8. The van der Waals surface area contributed by atoms with E-state index in [0.29, 0.717) is 15.6 Å². The van der Waals surface area contributed by atoms with E-state index in [1.54, 1.807) is 18.2 Å². The van der Waals surface area contributed by atoms with E-state index < -0.39 is 6.10 Å². The van der Waals surface area contributed by atoms with E-state index in [1.807, 2.05) is 6.07 Å². The molecule has 1 N–H and O–H groups in total. The third kappa shape index (κ3) is 2.88. The second-order valence-electron chi connectivity index (χ2n) is 3.31. The predicted molar refractivity (Wildman–Crippen MR) is 80.2 cm³/mol. The zero-order valence-electron chi connectivity index (χ0n) is 8.25. The first-order chi connectivity index (χ1) is 8.00. The van der Waals surface area contributed by atoms with Crippen LogP contribution in [0.4, 0.5) is 0 Å². The van der Waals surface area contributed by atoms with Crippen molar-refractivity contribution in [2.24, 2.45) is 0 Å². The molecule has 0 aliphatic heterocycles. The van der Waals surface area contributed by atoms with E-state index in [9.17, 15) is 5.11 Å². The first-order valence-electron chi connectivity index (χ1n) is 4.57. The van der Waals surface area contributed by atoms with E-state index >= 15 is 0 Å². The Morgan fingerprint density at radius 1 is 1.18 bits per heavy atom. The summed E-state index contributed by atoms with van der Waals surface area (Å²) in [6.45, 7) is 0. The van der Waals surface area contributed by atoms with E-state index in [1.165, 1.54) is 11.3 Å². The highest BCUT2D eigenvalue weighted by Gasteiger charge is 2.20. The molecule has 0 saturated heterocycles. The fourth-order valence-electron chi connectivity index (χ4n) is 1.41. The monoisotopic (exact) mass is 414 g/mol. The molecule has 0 spiro atoms. The summed E-state index contributed by atoms with van der Waals surface area (Å²) in [5.74, 6) is 0. The molecule has 1 atom stereocenters. The Bertz CT molecular complexity index is 517. The average Bonchev–Trinajstić information content (AvgIpc) is 2.59. The zero-order chi connectivity index (χ0) is 12.6. The molecule has 1 aromatic carbocycles. The second-order valence-corrected chi connectivity index (χ2v) is 7.38. The van der Waals surface area contributed by atoms with Gasteiger partial charge >= 0.3 is 0 Å². The number of hydrogen-bond donors (Lipinski definition) is 1. The molecule has 0 fully saturated rings. The van der Waals surface area contributed by atoms with Gasteiger partial charge in [0, 0.05) is 25.0 Å². The largest absolute Gasteiger partial charge is 0.383 e. The number of halogens is 4. The van der Waals surface area contributed by atoms with Crippen LogP contribution in [-0.4, -0.2) is 5.11 Å². The van der Waals surface area contributed by atoms with Crippen LogP contribution < -0.4 is 0 Å². The van der Waals surface area contributed by atoms with Crippen LogP contribution in [-0.2, 0) is 0 Å². The minimum absolute atomic E-state index is 0.464. The van der Waals surface area contributed by atoms with Gasteiger partial charge in [-0.3, -0.25) is 0 Å². The molecule has 2 aromatic rings. The van der Waals surface area contributed by atoms with Crippen LogP contribution in [0, 0.1) is 0 Å². The molecule has 1 unspecified atom stereocenters. The standard InChI is InChI=1S/C11H6Br2Cl2OS/c12-5-4-8(17-11(5)13)10(16)9-6(14)2-1-3-7(9)15/h1-4,10,16H. The number of hydrogen-bond acceptors (Lipinski definition) is 2. The molecule has 0 radical (unpaired) electrons. The Labute approximate surface area is 130 Å². The quantitative estimate of drug-likeness (QED) is 0.669. The number of aliphatic hydroxyl groups is 1. The van der Waals surface area contributed by atoms with Gasteiger partial charge in [-0.15, -0.1) is 11.3 Å². The summed E-state index contributed by atoms with van der Waals surface area (Å²) >= 11 is 20.3. The number of rotatable bonds is 2. The maximum atomic E-state index is 10.3. The molecule has 1 aromatic heterocycles. The van der Waals surface area contributed by atoms with Gasteiger partial charge in [-0.25, -0.2) is 0 Å². The van der Waals surface area contributed by atoms with Gasteiger partial charge in [0.2, 0.25) is 0 Å². The molecule has 17 heavy (non-hydrogen) atoms. The SMILES string of the molecule is OC(c1cc(Br)c(Br)s1)c1c(Cl)cccc1Cl. The molecule has 1 heterocycles. The molecule has 0 saturated carbocycles. The van der Waals surface area contributed by atoms with Crippen molar-refractivity contribution in [3.8, 4) is 0 Å². The Morgan fingerprint density at radius 2 is 1.76 bits per heavy atom. The maximum absolute atomic E-state index is 10.3. The smallest absolute Gasteiger partial charge is 0.116 e. The zero-order valence-corrected chi connectivity index (χ0v) is 13.8. The highest BCUT2D eigenvalue weighted by Crippen LogP contribution is 2.41. The number of benzene rings is 1. The molecular formula is C11H6Br2Cl2OS. The van der Waals surface area contributed by atoms with Crippen LogP contribution in [0.25, 0.3) is 0 Å². The van der Waals surface area contributed by atoms with Gasteiger partial charge in [0.05, 0.1) is 3.79 Å². The average molecular weight is 417 g/mol. The van der Waals surface area contributed by atoms with Crippen molar-refractivity contribution >= 4 is 66.4 Å². The van der Waals surface area contributed by atoms with E-state index in [-0.39, 0.29) is 0 Å². The molecule has 2 rings (SSSR count). The summed E-state index contributed by atoms with van der Waals surface area (Å²) in [4.78, 5) is 0.777. The normalized spacial score (nSPS) is 12.8. The van der Waals surface area contributed by atoms with Gasteiger partial charge in [-0.2, -0.15) is 0 Å². The first-order valence-corrected chi connectivity index (χ1v) is 7.73. The summed E-state index contributed by atoms with van der Waals surface area (Å²) in [6.07, 6.45) is -0.816. The van der Waals surface area contributed by atoms with Crippen LogP contribution >= 0.6 is 66.4 Å². The van der Waals surface area contributed by atoms with Crippen LogP contribution in [0.15, 0.2) is 32.5 Å². The molecule has 0 aliphatic carbocycles. The maximum Gasteiger partial charge on any atom is 0.116 e. The third-order valence-corrected chi connectivity index (χ3v) is 6.17. The summed E-state index contributed by atoms with van der Waals surface area (Å²) in [7, 11) is 0. The molecule has 90 valence electrons. The van der Waals surface area contributed by atoms with Crippen molar-refractivity contribution < 1.29 is 5.11 Å². The summed E-state index contributed by atoms with van der Waals surface area (Å²) in [5.41, 5.74) is 0.539. The van der Waals surface area contributed by atoms with Crippen molar-refractivity contribution in [2.45, 2.75) is 6.10 Å². The summed E-state index contributed by atoms with van der Waals surface area (Å²) < 4.78 is 1.83. The third-order valence-electron chi connectivity index (χ3n) is 2.21. The Balaban J connectivity index is 2.47. The Morgan fingerprint density at radius 3 is 2.24 bits per heavy atom. The fourth-order valence-corrected chi connectivity index (χ4v) is 4.10. The van der Waals surface area contributed by atoms with Crippen LogP contribution in [0.1, 0.15) is 16.5 Å². The highest BCUT2D eigenvalue weighted by molar-refractivity contribution is 9.13. The van der Waals surface area contributed by atoms with Gasteiger partial charge in [-0.05, 0) is 50.1 Å². The molecule has 0 aliphatic rings. The lowest BCUT2D eigenvalue weighted by Crippen LogP contribution is -1.99. The van der Waals surface area contributed by atoms with Crippen molar-refractivity contribution in [2.75, 3.05) is 0 Å². The van der Waals surface area contributed by atoms with Gasteiger partial charge in [-0.1, -0.05) is 29.3 Å². The summed E-state index contributed by atoms with van der Waals surface area (Å²) in [6, 6.07) is 7.02. The van der Waals surface area contributed by atoms with Crippen molar-refractivity contribution in [3.05, 3.63) is 53.0 Å². The van der Waals surface area contributed by atoms with Crippen molar-refractivity contribution in [3.63, 3.8) is 0 Å². The lowest BCUT2D eigenvalue weighted by molar-refractivity contribution is 0.224. The molecule has 1 nitrogen and oxygen atoms in total. The van der Waals surface area contributed by atoms with Crippen molar-refractivity contribution in [1.29, 1.82) is 0 Å². The van der Waals surface area contributed by atoms with Gasteiger partial charge < -0.3 is 5.11 Å². The van der Waals surface area contributed by atoms with Crippen LogP contribution in [0.2, 0.25) is 10.0 Å². The van der Waals surface area contributed by atoms with Gasteiger partial charge in [0.15, 0.2) is 0 Å². The van der Waals surface area contributed by atoms with Crippen LogP contribution in [0.5, 0.6) is 0 Å². The summed E-state index contributed by atoms with van der Waals surface area (Å²) in [5, 5.41) is 11.2. The van der Waals surface area contributed by atoms with Gasteiger partial charge in [0.1, 0.15) is 6.10 Å². The molecule has 0 amide bonds. The molecular weight excluding hydrogens is 411 g/mol. The van der Waals surface area contributed by atoms with Crippen molar-refractivity contribution in [1.82, 2.24) is 0 Å². The lowest BCUT2D eigenvalue weighted by atomic mass is 10.1. The second kappa shape index (κ2) is 5.59. The van der Waals surface area contributed by atoms with E-state index in [4.69, 9.17) is 23.2 Å². The Hall–Kier alpha value is 0.420. The predicted octanol–water partition coefficient (Wildman–Crippen LogP) is 5.66. The topological polar surface area (TPSA) is 20.2 Å². The van der Waals surface area contributed by atoms with E-state index in [0.717, 1.165) is 13.1 Å². The van der Waals surface area contributed by atoms with Gasteiger partial charge in [0.25, 0.3) is 0 Å². The Kier molecular flexibility index (Phi) is 4.55. The molecule has 0 bridgehead atoms.